The van der Waals surface area contributed by atoms with E-state index in [2.05, 4.69) is 27.7 Å². The van der Waals surface area contributed by atoms with Crippen molar-refractivity contribution in [2.45, 2.75) is 98.3 Å². The molecule has 0 saturated heterocycles. The first kappa shape index (κ1) is 24.2. The normalized spacial score (nSPS) is 29.7. The Morgan fingerprint density at radius 3 is 1.52 bits per heavy atom. The van der Waals surface area contributed by atoms with Crippen LogP contribution in [0.2, 0.25) is 0 Å². The molecule has 0 N–H and O–H groups in total. The molecule has 0 amide bonds. The lowest BCUT2D eigenvalue weighted by molar-refractivity contribution is -0.152. The zero-order valence-electron chi connectivity index (χ0n) is 19.3. The minimum Gasteiger partial charge on any atom is -0.465 e. The number of carbonyl (C=O) groups is 2. The van der Waals surface area contributed by atoms with E-state index in [0.717, 1.165) is 57.8 Å². The maximum atomic E-state index is 12.4. The number of hydrogen-bond donors (Lipinski definition) is 0. The molecule has 0 aromatic heterocycles. The summed E-state index contributed by atoms with van der Waals surface area (Å²) in [6.07, 6.45) is 11.6. The van der Waals surface area contributed by atoms with E-state index in [9.17, 15) is 9.59 Å². The van der Waals surface area contributed by atoms with E-state index >= 15 is 0 Å². The predicted molar refractivity (Wildman–Crippen MR) is 116 cm³/mol. The van der Waals surface area contributed by atoms with Gasteiger partial charge in [-0.05, 0) is 55.8 Å². The van der Waals surface area contributed by atoms with Gasteiger partial charge in [-0.1, -0.05) is 66.2 Å². The first-order valence-corrected chi connectivity index (χ1v) is 12.3. The molecule has 2 aliphatic rings. The van der Waals surface area contributed by atoms with E-state index in [1.165, 1.54) is 12.8 Å². The summed E-state index contributed by atoms with van der Waals surface area (Å²) in [4.78, 5) is 24.9. The van der Waals surface area contributed by atoms with Crippen molar-refractivity contribution in [3.05, 3.63) is 0 Å². The fourth-order valence-corrected chi connectivity index (χ4v) is 5.11. The van der Waals surface area contributed by atoms with Crippen LogP contribution in [0.25, 0.3) is 0 Å². The fraction of sp³-hybridized carbons (Fsp3) is 0.920. The van der Waals surface area contributed by atoms with Crippen molar-refractivity contribution >= 4 is 11.9 Å². The van der Waals surface area contributed by atoms with Gasteiger partial charge in [-0.3, -0.25) is 9.59 Å². The molecule has 4 heteroatoms. The largest absolute Gasteiger partial charge is 0.465 e. The summed E-state index contributed by atoms with van der Waals surface area (Å²) in [7, 11) is 0. The van der Waals surface area contributed by atoms with Crippen LogP contribution in [0.3, 0.4) is 0 Å². The van der Waals surface area contributed by atoms with Gasteiger partial charge in [0, 0.05) is 0 Å². The van der Waals surface area contributed by atoms with E-state index in [0.29, 0.717) is 36.9 Å². The molecule has 2 rings (SSSR count). The maximum absolute atomic E-state index is 12.4. The Hall–Kier alpha value is -1.06. The van der Waals surface area contributed by atoms with Crippen LogP contribution in [-0.4, -0.2) is 25.2 Å². The van der Waals surface area contributed by atoms with E-state index < -0.39 is 0 Å². The van der Waals surface area contributed by atoms with Crippen molar-refractivity contribution in [2.75, 3.05) is 13.2 Å². The van der Waals surface area contributed by atoms with E-state index in [-0.39, 0.29) is 23.8 Å². The number of hydrogen-bond acceptors (Lipinski definition) is 4. The van der Waals surface area contributed by atoms with Gasteiger partial charge in [-0.2, -0.15) is 0 Å². The Morgan fingerprint density at radius 1 is 0.759 bits per heavy atom. The number of carbonyl (C=O) groups excluding carboxylic acids is 2. The minimum atomic E-state index is 0.000828. The second-order valence-corrected chi connectivity index (χ2v) is 9.98. The Morgan fingerprint density at radius 2 is 1.17 bits per heavy atom. The van der Waals surface area contributed by atoms with Crippen molar-refractivity contribution in [3.63, 3.8) is 0 Å². The average Bonchev–Trinajstić information content (AvgIpc) is 2.72. The van der Waals surface area contributed by atoms with Gasteiger partial charge in [0.15, 0.2) is 0 Å². The monoisotopic (exact) mass is 408 g/mol. The van der Waals surface area contributed by atoms with Gasteiger partial charge in [0.05, 0.1) is 25.0 Å². The minimum absolute atomic E-state index is 0.000828. The molecule has 0 aliphatic heterocycles. The molecule has 2 fully saturated rings. The average molecular weight is 409 g/mol. The SMILES string of the molecule is CCC(COC(=O)C1CCCC(C)C1)CC(CC)COC(=O)C1CCCC(C)C1. The summed E-state index contributed by atoms with van der Waals surface area (Å²) in [5.41, 5.74) is 0. The van der Waals surface area contributed by atoms with Crippen molar-refractivity contribution in [3.8, 4) is 0 Å². The van der Waals surface area contributed by atoms with Crippen LogP contribution < -0.4 is 0 Å². The molecule has 0 heterocycles. The molecule has 6 atom stereocenters. The number of rotatable bonds is 10. The summed E-state index contributed by atoms with van der Waals surface area (Å²) < 4.78 is 11.4. The van der Waals surface area contributed by atoms with Gasteiger partial charge in [-0.15, -0.1) is 0 Å². The lowest BCUT2D eigenvalue weighted by Gasteiger charge is -2.27. The van der Waals surface area contributed by atoms with Gasteiger partial charge >= 0.3 is 11.9 Å². The first-order chi connectivity index (χ1) is 13.9. The third-order valence-electron chi connectivity index (χ3n) is 7.28. The summed E-state index contributed by atoms with van der Waals surface area (Å²) in [6, 6.07) is 0. The molecule has 168 valence electrons. The van der Waals surface area contributed by atoms with Gasteiger partial charge < -0.3 is 9.47 Å². The van der Waals surface area contributed by atoms with Crippen molar-refractivity contribution in [2.24, 2.45) is 35.5 Å². The quantitative estimate of drug-likeness (QED) is 0.406. The molecule has 0 aromatic carbocycles. The predicted octanol–water partition coefficient (Wildman–Crippen LogP) is 6.17. The molecule has 0 aromatic rings. The fourth-order valence-electron chi connectivity index (χ4n) is 5.11. The van der Waals surface area contributed by atoms with Gasteiger partial charge in [0.2, 0.25) is 0 Å². The summed E-state index contributed by atoms with van der Waals surface area (Å²) in [5, 5.41) is 0. The highest BCUT2D eigenvalue weighted by Crippen LogP contribution is 2.31. The molecule has 2 saturated carbocycles. The van der Waals surface area contributed by atoms with Gasteiger partial charge in [-0.25, -0.2) is 0 Å². The van der Waals surface area contributed by atoms with Crippen molar-refractivity contribution < 1.29 is 19.1 Å². The lowest BCUT2D eigenvalue weighted by atomic mass is 9.82. The first-order valence-electron chi connectivity index (χ1n) is 12.3. The molecular formula is C25H44O4. The molecule has 6 unspecified atom stereocenters. The van der Waals surface area contributed by atoms with Crippen LogP contribution in [0.4, 0.5) is 0 Å². The highest BCUT2D eigenvalue weighted by Gasteiger charge is 2.28. The van der Waals surface area contributed by atoms with Gasteiger partial charge in [0.25, 0.3) is 0 Å². The maximum Gasteiger partial charge on any atom is 0.308 e. The lowest BCUT2D eigenvalue weighted by Crippen LogP contribution is -2.28. The third kappa shape index (κ3) is 8.30. The van der Waals surface area contributed by atoms with Crippen LogP contribution in [0.1, 0.15) is 98.3 Å². The Balaban J connectivity index is 1.72. The zero-order valence-corrected chi connectivity index (χ0v) is 19.3. The van der Waals surface area contributed by atoms with Crippen LogP contribution in [-0.2, 0) is 19.1 Å². The third-order valence-corrected chi connectivity index (χ3v) is 7.28. The second-order valence-electron chi connectivity index (χ2n) is 9.98. The molecule has 4 nitrogen and oxygen atoms in total. The second kappa shape index (κ2) is 12.6. The Bertz CT molecular complexity index is 459. The topological polar surface area (TPSA) is 52.6 Å². The summed E-state index contributed by atoms with van der Waals surface area (Å²) in [5.74, 6) is 2.15. The van der Waals surface area contributed by atoms with Crippen LogP contribution >= 0.6 is 0 Å². The molecular weight excluding hydrogens is 364 g/mol. The van der Waals surface area contributed by atoms with E-state index in [4.69, 9.17) is 9.47 Å². The molecule has 0 bridgehead atoms. The Kier molecular flexibility index (Phi) is 10.5. The summed E-state index contributed by atoms with van der Waals surface area (Å²) in [6.45, 7) is 9.78. The molecule has 0 spiro atoms. The highest BCUT2D eigenvalue weighted by molar-refractivity contribution is 5.73. The number of ether oxygens (including phenoxy) is 2. The molecule has 29 heavy (non-hydrogen) atoms. The zero-order chi connectivity index (χ0) is 21.2. The van der Waals surface area contributed by atoms with Crippen molar-refractivity contribution in [1.82, 2.24) is 0 Å². The Labute approximate surface area is 178 Å². The van der Waals surface area contributed by atoms with Crippen LogP contribution in [0.5, 0.6) is 0 Å². The van der Waals surface area contributed by atoms with Gasteiger partial charge in [0.1, 0.15) is 0 Å². The van der Waals surface area contributed by atoms with E-state index in [1.54, 1.807) is 0 Å². The van der Waals surface area contributed by atoms with Crippen LogP contribution in [0.15, 0.2) is 0 Å². The van der Waals surface area contributed by atoms with Crippen molar-refractivity contribution in [1.29, 1.82) is 0 Å². The number of esters is 2. The smallest absolute Gasteiger partial charge is 0.308 e. The standard InChI is InChI=1S/C25H44O4/c1-5-20(16-28-24(26)22-11-7-9-18(3)13-22)15-21(6-2)17-29-25(27)23-12-8-10-19(4)14-23/h18-23H,5-17H2,1-4H3. The van der Waals surface area contributed by atoms with Crippen LogP contribution in [0, 0.1) is 35.5 Å². The molecule has 2 aliphatic carbocycles. The summed E-state index contributed by atoms with van der Waals surface area (Å²) >= 11 is 0. The highest BCUT2D eigenvalue weighted by atomic mass is 16.5. The van der Waals surface area contributed by atoms with E-state index in [1.807, 2.05) is 0 Å². The molecule has 0 radical (unpaired) electrons.